The number of nitrogens with two attached hydrogens (primary N) is 1. The van der Waals surface area contributed by atoms with E-state index in [-0.39, 0.29) is 35.9 Å². The lowest BCUT2D eigenvalue weighted by Gasteiger charge is -2.27. The Hall–Kier alpha value is -1.06. The minimum atomic E-state index is -3.02. The molecule has 2 atom stereocenters. The molecule has 1 rings (SSSR count). The molecule has 0 radical (unpaired) electrons. The van der Waals surface area contributed by atoms with Crippen LogP contribution in [0.5, 0.6) is 0 Å². The maximum atomic E-state index is 12.2. The van der Waals surface area contributed by atoms with Crippen LogP contribution in [0.4, 0.5) is 0 Å². The van der Waals surface area contributed by atoms with Gasteiger partial charge in [0.1, 0.15) is 0 Å². The van der Waals surface area contributed by atoms with Gasteiger partial charge in [0, 0.05) is 12.5 Å². The van der Waals surface area contributed by atoms with Gasteiger partial charge in [-0.05, 0) is 18.9 Å². The highest BCUT2D eigenvalue weighted by Crippen LogP contribution is 2.20. The second-order valence-electron chi connectivity index (χ2n) is 5.00. The number of carbonyl (C=O) groups excluding carboxylic acids is 1. The van der Waals surface area contributed by atoms with Crippen molar-refractivity contribution in [2.75, 3.05) is 24.6 Å². The van der Waals surface area contributed by atoms with Gasteiger partial charge in [0.15, 0.2) is 9.84 Å². The molecule has 1 fully saturated rings. The predicted molar refractivity (Wildman–Crippen MR) is 75.1 cm³/mol. The first-order chi connectivity index (χ1) is 8.93. The fourth-order valence-corrected chi connectivity index (χ4v) is 4.03. The van der Waals surface area contributed by atoms with Crippen molar-refractivity contribution in [3.05, 3.63) is 0 Å². The summed E-state index contributed by atoms with van der Waals surface area (Å²) in [6.07, 6.45) is 6.93. The fourth-order valence-electron chi connectivity index (χ4n) is 2.30. The van der Waals surface area contributed by atoms with Gasteiger partial charge in [-0.1, -0.05) is 19.3 Å². The molecule has 0 saturated carbocycles. The van der Waals surface area contributed by atoms with Gasteiger partial charge in [-0.3, -0.25) is 4.79 Å². The number of sulfone groups is 1. The molecule has 6 heteroatoms. The van der Waals surface area contributed by atoms with E-state index in [2.05, 4.69) is 5.92 Å². The van der Waals surface area contributed by atoms with Crippen LogP contribution in [0, 0.1) is 18.3 Å². The summed E-state index contributed by atoms with van der Waals surface area (Å²) >= 11 is 0. The zero-order chi connectivity index (χ0) is 14.5. The van der Waals surface area contributed by atoms with E-state index in [1.807, 2.05) is 6.92 Å². The van der Waals surface area contributed by atoms with E-state index in [9.17, 15) is 13.2 Å². The summed E-state index contributed by atoms with van der Waals surface area (Å²) in [6.45, 7) is 2.60. The molecule has 0 bridgehead atoms. The third kappa shape index (κ3) is 4.51. The van der Waals surface area contributed by atoms with Crippen LogP contribution in [0.2, 0.25) is 0 Å². The van der Waals surface area contributed by atoms with Crippen LogP contribution in [0.25, 0.3) is 0 Å². The van der Waals surface area contributed by atoms with Crippen LogP contribution < -0.4 is 5.73 Å². The van der Waals surface area contributed by atoms with Gasteiger partial charge >= 0.3 is 0 Å². The fraction of sp³-hybridized carbons (Fsp3) is 0.769. The standard InChI is InChI=1S/C13H22N2O3S/c1-3-6-15(12-5-7-19(17,18)10-12)13(16)8-11(4-2)9-14/h1,11-12H,4-10,14H2,2H3. The zero-order valence-corrected chi connectivity index (χ0v) is 12.2. The van der Waals surface area contributed by atoms with E-state index in [0.29, 0.717) is 19.4 Å². The Morgan fingerprint density at radius 3 is 2.68 bits per heavy atom. The zero-order valence-electron chi connectivity index (χ0n) is 11.3. The van der Waals surface area contributed by atoms with Gasteiger partial charge in [-0.15, -0.1) is 6.42 Å². The molecule has 0 aliphatic carbocycles. The molecule has 1 heterocycles. The first-order valence-corrected chi connectivity index (χ1v) is 8.39. The van der Waals surface area contributed by atoms with Gasteiger partial charge < -0.3 is 10.6 Å². The lowest BCUT2D eigenvalue weighted by Crippen LogP contribution is -2.42. The Labute approximate surface area is 115 Å². The highest BCUT2D eigenvalue weighted by molar-refractivity contribution is 7.91. The molecule has 108 valence electrons. The van der Waals surface area contributed by atoms with Crippen LogP contribution in [-0.2, 0) is 14.6 Å². The van der Waals surface area contributed by atoms with Crippen molar-refractivity contribution in [1.82, 2.24) is 4.90 Å². The van der Waals surface area contributed by atoms with Crippen molar-refractivity contribution in [3.8, 4) is 12.3 Å². The topological polar surface area (TPSA) is 80.5 Å². The molecular weight excluding hydrogens is 264 g/mol. The summed E-state index contributed by atoms with van der Waals surface area (Å²) in [5.74, 6) is 2.65. The summed E-state index contributed by atoms with van der Waals surface area (Å²) in [5.41, 5.74) is 5.60. The molecule has 2 unspecified atom stereocenters. The lowest BCUT2D eigenvalue weighted by molar-refractivity contribution is -0.133. The summed E-state index contributed by atoms with van der Waals surface area (Å²) in [4.78, 5) is 13.8. The molecule has 0 spiro atoms. The third-order valence-electron chi connectivity index (χ3n) is 3.61. The Kier molecular flexibility index (Phi) is 5.83. The van der Waals surface area contributed by atoms with Crippen LogP contribution >= 0.6 is 0 Å². The Morgan fingerprint density at radius 1 is 1.58 bits per heavy atom. The van der Waals surface area contributed by atoms with Gasteiger partial charge in [0.25, 0.3) is 0 Å². The highest BCUT2D eigenvalue weighted by atomic mass is 32.2. The quantitative estimate of drug-likeness (QED) is 0.698. The number of rotatable bonds is 6. The Balaban J connectivity index is 2.72. The first kappa shape index (κ1) is 16.0. The van der Waals surface area contributed by atoms with Crippen LogP contribution in [0.1, 0.15) is 26.2 Å². The monoisotopic (exact) mass is 286 g/mol. The van der Waals surface area contributed by atoms with E-state index < -0.39 is 9.84 Å². The second-order valence-corrected chi connectivity index (χ2v) is 7.23. The summed E-state index contributed by atoms with van der Waals surface area (Å²) in [5, 5.41) is 0. The number of nitrogens with zero attached hydrogens (tertiary/aromatic N) is 1. The first-order valence-electron chi connectivity index (χ1n) is 6.57. The smallest absolute Gasteiger partial charge is 0.223 e. The number of terminal acetylenes is 1. The molecule has 2 N–H and O–H groups in total. The number of hydrogen-bond donors (Lipinski definition) is 1. The molecular formula is C13H22N2O3S. The Bertz CT molecular complexity index is 449. The van der Waals surface area contributed by atoms with Gasteiger partial charge in [-0.2, -0.15) is 0 Å². The molecule has 0 aromatic heterocycles. The average Bonchev–Trinajstić information content (AvgIpc) is 2.72. The molecule has 5 nitrogen and oxygen atoms in total. The largest absolute Gasteiger partial charge is 0.330 e. The van der Waals surface area contributed by atoms with Crippen LogP contribution in [-0.4, -0.2) is 49.9 Å². The molecule has 19 heavy (non-hydrogen) atoms. The van der Waals surface area contributed by atoms with Crippen molar-refractivity contribution < 1.29 is 13.2 Å². The molecule has 1 aliphatic heterocycles. The van der Waals surface area contributed by atoms with E-state index in [4.69, 9.17) is 12.2 Å². The second kappa shape index (κ2) is 6.92. The molecule has 1 saturated heterocycles. The van der Waals surface area contributed by atoms with Crippen molar-refractivity contribution in [2.45, 2.75) is 32.2 Å². The van der Waals surface area contributed by atoms with E-state index in [1.165, 1.54) is 4.90 Å². The highest BCUT2D eigenvalue weighted by Gasteiger charge is 2.34. The van der Waals surface area contributed by atoms with Crippen molar-refractivity contribution in [3.63, 3.8) is 0 Å². The van der Waals surface area contributed by atoms with Gasteiger partial charge in [0.2, 0.25) is 5.91 Å². The van der Waals surface area contributed by atoms with Crippen LogP contribution in [0.3, 0.4) is 0 Å². The molecule has 0 aromatic carbocycles. The number of amides is 1. The maximum absolute atomic E-state index is 12.2. The van der Waals surface area contributed by atoms with Crippen molar-refractivity contribution >= 4 is 15.7 Å². The van der Waals surface area contributed by atoms with Gasteiger partial charge in [-0.25, -0.2) is 8.42 Å². The molecule has 1 aliphatic rings. The number of hydrogen-bond acceptors (Lipinski definition) is 4. The van der Waals surface area contributed by atoms with Gasteiger partial charge in [0.05, 0.1) is 18.1 Å². The minimum Gasteiger partial charge on any atom is -0.330 e. The van der Waals surface area contributed by atoms with E-state index in [0.717, 1.165) is 6.42 Å². The van der Waals surface area contributed by atoms with E-state index in [1.54, 1.807) is 0 Å². The maximum Gasteiger partial charge on any atom is 0.223 e. The van der Waals surface area contributed by atoms with Crippen molar-refractivity contribution in [2.24, 2.45) is 11.7 Å². The van der Waals surface area contributed by atoms with E-state index >= 15 is 0 Å². The summed E-state index contributed by atoms with van der Waals surface area (Å²) in [6, 6.07) is -0.274. The average molecular weight is 286 g/mol. The normalized spacial score (nSPS) is 22.7. The number of carbonyl (C=O) groups is 1. The summed E-state index contributed by atoms with van der Waals surface area (Å²) < 4.78 is 23.0. The van der Waals surface area contributed by atoms with Crippen molar-refractivity contribution in [1.29, 1.82) is 0 Å². The predicted octanol–water partition coefficient (Wildman–Crippen LogP) is 0.0103. The molecule has 0 aromatic rings. The SMILES string of the molecule is C#CCN(C(=O)CC(CC)CN)C1CCS(=O)(=O)C1. The van der Waals surface area contributed by atoms with Crippen LogP contribution in [0.15, 0.2) is 0 Å². The third-order valence-corrected chi connectivity index (χ3v) is 5.36. The summed E-state index contributed by atoms with van der Waals surface area (Å²) in [7, 11) is -3.02. The lowest BCUT2D eigenvalue weighted by atomic mass is 10.0. The Morgan fingerprint density at radius 2 is 2.26 bits per heavy atom. The minimum absolute atomic E-state index is 0.0276. The molecule has 1 amide bonds.